The van der Waals surface area contributed by atoms with Gasteiger partial charge in [-0.05, 0) is 31.0 Å². The van der Waals surface area contributed by atoms with Crippen molar-refractivity contribution in [1.82, 2.24) is 15.6 Å². The fourth-order valence-corrected chi connectivity index (χ4v) is 3.01. The number of guanidine groups is 1. The Morgan fingerprint density at radius 2 is 2.27 bits per heavy atom. The molecule has 0 aliphatic heterocycles. The third-order valence-electron chi connectivity index (χ3n) is 3.28. The van der Waals surface area contributed by atoms with Crippen molar-refractivity contribution < 1.29 is 0 Å². The topological polar surface area (TPSA) is 49.3 Å². The van der Waals surface area contributed by atoms with Gasteiger partial charge in [0, 0.05) is 23.1 Å². The third kappa shape index (κ3) is 4.71. The van der Waals surface area contributed by atoms with Gasteiger partial charge in [0.2, 0.25) is 0 Å². The summed E-state index contributed by atoms with van der Waals surface area (Å²) < 4.78 is 0. The predicted molar refractivity (Wildman–Crippen MR) is 94.7 cm³/mol. The lowest BCUT2D eigenvalue weighted by Crippen LogP contribution is -2.38. The molecule has 1 aromatic carbocycles. The number of aryl methyl sites for hydroxylation is 1. The molecule has 2 N–H and O–H groups in total. The first kappa shape index (κ1) is 16.8. The average molecular weight is 337 g/mol. The summed E-state index contributed by atoms with van der Waals surface area (Å²) in [6.45, 7) is 4.89. The van der Waals surface area contributed by atoms with Gasteiger partial charge >= 0.3 is 0 Å². The summed E-state index contributed by atoms with van der Waals surface area (Å²) in [4.78, 5) is 9.95. The molecule has 2 rings (SSSR count). The van der Waals surface area contributed by atoms with Crippen LogP contribution < -0.4 is 10.6 Å². The van der Waals surface area contributed by atoms with Gasteiger partial charge in [0.1, 0.15) is 5.01 Å². The van der Waals surface area contributed by atoms with Gasteiger partial charge in [-0.3, -0.25) is 4.99 Å². The summed E-state index contributed by atoms with van der Waals surface area (Å²) in [5.41, 5.74) is 1.12. The van der Waals surface area contributed by atoms with E-state index >= 15 is 0 Å². The lowest BCUT2D eigenvalue weighted by Gasteiger charge is -2.18. The van der Waals surface area contributed by atoms with Crippen LogP contribution in [0.25, 0.3) is 0 Å². The Morgan fingerprint density at radius 3 is 2.91 bits per heavy atom. The van der Waals surface area contributed by atoms with E-state index in [1.165, 1.54) is 4.88 Å². The van der Waals surface area contributed by atoms with Crippen LogP contribution in [0.15, 0.2) is 35.5 Å². The van der Waals surface area contributed by atoms with E-state index in [9.17, 15) is 0 Å². The zero-order valence-corrected chi connectivity index (χ0v) is 14.6. The molecule has 2 aromatic rings. The molecule has 22 heavy (non-hydrogen) atoms. The lowest BCUT2D eigenvalue weighted by atomic mass is 10.1. The maximum atomic E-state index is 6.04. The second-order valence-electron chi connectivity index (χ2n) is 4.92. The van der Waals surface area contributed by atoms with E-state index in [1.54, 1.807) is 18.4 Å². The molecule has 118 valence electrons. The van der Waals surface area contributed by atoms with Gasteiger partial charge in [0.15, 0.2) is 5.96 Å². The predicted octanol–water partition coefficient (Wildman–Crippen LogP) is 3.79. The van der Waals surface area contributed by atoms with Gasteiger partial charge in [0.25, 0.3) is 0 Å². The number of hydrogen-bond donors (Lipinski definition) is 2. The molecule has 1 atom stereocenters. The fraction of sp³-hybridized carbons (Fsp3) is 0.375. The Labute approximate surface area is 140 Å². The molecule has 1 aromatic heterocycles. The Hall–Kier alpha value is -1.59. The maximum absolute atomic E-state index is 6.04. The number of aliphatic imine (C=N–C) groups is 1. The summed E-state index contributed by atoms with van der Waals surface area (Å²) in [5, 5.41) is 8.46. The van der Waals surface area contributed by atoms with E-state index in [-0.39, 0.29) is 6.04 Å². The number of benzene rings is 1. The zero-order valence-electron chi connectivity index (χ0n) is 13.1. The fourth-order valence-electron chi connectivity index (χ4n) is 2.01. The van der Waals surface area contributed by atoms with Crippen molar-refractivity contribution in [2.75, 3.05) is 7.05 Å². The minimum absolute atomic E-state index is 0.118. The van der Waals surface area contributed by atoms with E-state index in [1.807, 2.05) is 30.5 Å². The highest BCUT2D eigenvalue weighted by Crippen LogP contribution is 2.17. The van der Waals surface area contributed by atoms with Crippen molar-refractivity contribution in [3.05, 3.63) is 50.9 Å². The normalized spacial score (nSPS) is 13.0. The molecule has 0 aliphatic carbocycles. The summed E-state index contributed by atoms with van der Waals surface area (Å²) >= 11 is 7.76. The summed E-state index contributed by atoms with van der Waals surface area (Å²) in [6.07, 6.45) is 2.96. The van der Waals surface area contributed by atoms with Gasteiger partial charge < -0.3 is 10.6 Å². The summed E-state index contributed by atoms with van der Waals surface area (Å²) in [7, 11) is 1.76. The van der Waals surface area contributed by atoms with Crippen LogP contribution in [0, 0.1) is 0 Å². The molecule has 1 unspecified atom stereocenters. The average Bonchev–Trinajstić information content (AvgIpc) is 2.99. The van der Waals surface area contributed by atoms with Crippen molar-refractivity contribution in [1.29, 1.82) is 0 Å². The van der Waals surface area contributed by atoms with E-state index in [0.717, 1.165) is 28.0 Å². The Kier molecular flexibility index (Phi) is 6.21. The zero-order chi connectivity index (χ0) is 15.9. The van der Waals surface area contributed by atoms with Crippen LogP contribution >= 0.6 is 22.9 Å². The van der Waals surface area contributed by atoms with Gasteiger partial charge in [-0.15, -0.1) is 11.3 Å². The Balaban J connectivity index is 1.92. The number of rotatable bonds is 5. The van der Waals surface area contributed by atoms with E-state index in [2.05, 4.69) is 34.5 Å². The number of nitrogens with one attached hydrogen (secondary N) is 2. The third-order valence-corrected chi connectivity index (χ3v) is 4.66. The second kappa shape index (κ2) is 8.15. The number of thiazole rings is 1. The minimum Gasteiger partial charge on any atom is -0.350 e. The molecule has 0 amide bonds. The van der Waals surface area contributed by atoms with E-state index in [4.69, 9.17) is 11.6 Å². The number of aromatic nitrogens is 1. The van der Waals surface area contributed by atoms with Crippen LogP contribution in [0.5, 0.6) is 0 Å². The highest BCUT2D eigenvalue weighted by molar-refractivity contribution is 7.11. The van der Waals surface area contributed by atoms with Gasteiger partial charge in [0.05, 0.1) is 12.6 Å². The maximum Gasteiger partial charge on any atom is 0.191 e. The molecule has 0 fully saturated rings. The van der Waals surface area contributed by atoms with E-state index < -0.39 is 0 Å². The summed E-state index contributed by atoms with van der Waals surface area (Å²) in [5.74, 6) is 0.751. The molecule has 0 saturated carbocycles. The number of hydrogen-bond acceptors (Lipinski definition) is 3. The van der Waals surface area contributed by atoms with Crippen LogP contribution in [0.3, 0.4) is 0 Å². The monoisotopic (exact) mass is 336 g/mol. The van der Waals surface area contributed by atoms with Crippen molar-refractivity contribution in [3.63, 3.8) is 0 Å². The summed E-state index contributed by atoms with van der Waals surface area (Å²) in [6, 6.07) is 7.95. The first-order valence-electron chi connectivity index (χ1n) is 7.28. The Bertz CT molecular complexity index is 639. The molecular formula is C16H21ClN4S. The van der Waals surface area contributed by atoms with Crippen LogP contribution in [0.2, 0.25) is 5.02 Å². The molecule has 0 bridgehead atoms. The van der Waals surface area contributed by atoms with Gasteiger partial charge in [-0.1, -0.05) is 30.7 Å². The van der Waals surface area contributed by atoms with Gasteiger partial charge in [-0.25, -0.2) is 4.98 Å². The highest BCUT2D eigenvalue weighted by Gasteiger charge is 2.09. The first-order chi connectivity index (χ1) is 10.6. The molecule has 0 radical (unpaired) electrons. The second-order valence-corrected chi connectivity index (χ2v) is 6.56. The van der Waals surface area contributed by atoms with Crippen molar-refractivity contribution in [2.45, 2.75) is 32.9 Å². The molecule has 4 nitrogen and oxygen atoms in total. The van der Waals surface area contributed by atoms with Crippen LogP contribution in [-0.2, 0) is 13.0 Å². The number of nitrogens with zero attached hydrogens (tertiary/aromatic N) is 2. The lowest BCUT2D eigenvalue weighted by molar-refractivity contribution is 0.685. The molecule has 0 aliphatic rings. The van der Waals surface area contributed by atoms with Crippen LogP contribution in [0.4, 0.5) is 0 Å². The van der Waals surface area contributed by atoms with E-state index in [0.29, 0.717) is 6.54 Å². The molecular weight excluding hydrogens is 316 g/mol. The van der Waals surface area contributed by atoms with Crippen LogP contribution in [0.1, 0.15) is 35.3 Å². The molecule has 0 spiro atoms. The quantitative estimate of drug-likeness (QED) is 0.645. The largest absolute Gasteiger partial charge is 0.350 e. The smallest absolute Gasteiger partial charge is 0.191 e. The van der Waals surface area contributed by atoms with Crippen molar-refractivity contribution in [3.8, 4) is 0 Å². The first-order valence-corrected chi connectivity index (χ1v) is 8.48. The van der Waals surface area contributed by atoms with Crippen molar-refractivity contribution >= 4 is 28.9 Å². The Morgan fingerprint density at radius 1 is 1.45 bits per heavy atom. The number of halogens is 1. The molecule has 0 saturated heterocycles. The SMILES string of the molecule is CCc1cnc(CNC(=NC)NC(C)c2cccc(Cl)c2)s1. The molecule has 6 heteroatoms. The van der Waals surface area contributed by atoms with Crippen LogP contribution in [-0.4, -0.2) is 18.0 Å². The minimum atomic E-state index is 0.118. The standard InChI is InChI=1S/C16H21ClN4S/c1-4-14-9-19-15(22-14)10-20-16(18-3)21-11(2)12-6-5-7-13(17)8-12/h5-9,11H,4,10H2,1-3H3,(H2,18,20,21). The van der Waals surface area contributed by atoms with Crippen molar-refractivity contribution in [2.24, 2.45) is 4.99 Å². The van der Waals surface area contributed by atoms with Gasteiger partial charge in [-0.2, -0.15) is 0 Å². The molecule has 1 heterocycles. The highest BCUT2D eigenvalue weighted by atomic mass is 35.5.